The van der Waals surface area contributed by atoms with Gasteiger partial charge in [-0.05, 0) is 29.8 Å². The van der Waals surface area contributed by atoms with Gasteiger partial charge in [0.1, 0.15) is 11.3 Å². The number of para-hydroxylation sites is 1. The standard InChI is InChI=1S/C19H18ClN3O3/c20-13-6-4-12(5-7-13)10-23-19(26)15-11-22-17-14(18(15)25)2-1-3-16(17)21-8-9-24/h1-7,11,21,24H,8-10H2,(H,22,25)(H,23,26). The molecule has 4 N–H and O–H groups in total. The minimum absolute atomic E-state index is 0.0203. The highest BCUT2D eigenvalue weighted by Crippen LogP contribution is 2.31. The number of rotatable bonds is 6. The second kappa shape index (κ2) is 8.03. The van der Waals surface area contributed by atoms with E-state index in [1.54, 1.807) is 30.3 Å². The summed E-state index contributed by atoms with van der Waals surface area (Å²) in [5, 5.41) is 26.3. The monoisotopic (exact) mass is 371 g/mol. The van der Waals surface area contributed by atoms with Gasteiger partial charge in [-0.2, -0.15) is 0 Å². The van der Waals surface area contributed by atoms with Gasteiger partial charge in [0, 0.05) is 29.7 Å². The molecule has 0 spiro atoms. The van der Waals surface area contributed by atoms with Crippen LogP contribution in [0, 0.1) is 0 Å². The summed E-state index contributed by atoms with van der Waals surface area (Å²) < 4.78 is 0. The van der Waals surface area contributed by atoms with E-state index in [0.717, 1.165) is 5.56 Å². The van der Waals surface area contributed by atoms with Gasteiger partial charge >= 0.3 is 0 Å². The fourth-order valence-corrected chi connectivity index (χ4v) is 2.71. The number of aromatic nitrogens is 1. The molecule has 3 aromatic rings. The number of aromatic hydroxyl groups is 1. The first-order chi connectivity index (χ1) is 12.6. The maximum Gasteiger partial charge on any atom is 0.256 e. The molecule has 0 aliphatic rings. The number of carbonyl (C=O) groups excluding carboxylic acids is 1. The molecule has 0 bridgehead atoms. The number of pyridine rings is 1. The van der Waals surface area contributed by atoms with Crippen molar-refractivity contribution in [1.29, 1.82) is 0 Å². The van der Waals surface area contributed by atoms with E-state index in [1.165, 1.54) is 6.20 Å². The quantitative estimate of drug-likeness (QED) is 0.534. The van der Waals surface area contributed by atoms with Crippen molar-refractivity contribution in [3.05, 3.63) is 64.8 Å². The third-order valence-corrected chi connectivity index (χ3v) is 4.16. The molecule has 0 saturated heterocycles. The number of amides is 1. The largest absolute Gasteiger partial charge is 0.506 e. The molecule has 2 aromatic carbocycles. The highest BCUT2D eigenvalue weighted by atomic mass is 35.5. The summed E-state index contributed by atoms with van der Waals surface area (Å²) >= 11 is 5.84. The van der Waals surface area contributed by atoms with Crippen LogP contribution in [0.3, 0.4) is 0 Å². The molecule has 1 amide bonds. The van der Waals surface area contributed by atoms with Crippen molar-refractivity contribution in [2.45, 2.75) is 6.54 Å². The Kier molecular flexibility index (Phi) is 5.55. The molecule has 0 radical (unpaired) electrons. The van der Waals surface area contributed by atoms with Crippen molar-refractivity contribution in [2.75, 3.05) is 18.5 Å². The molecule has 1 aromatic heterocycles. The van der Waals surface area contributed by atoms with Gasteiger partial charge in [0.25, 0.3) is 5.91 Å². The van der Waals surface area contributed by atoms with Crippen LogP contribution in [0.1, 0.15) is 15.9 Å². The van der Waals surface area contributed by atoms with Crippen molar-refractivity contribution in [2.24, 2.45) is 0 Å². The van der Waals surface area contributed by atoms with Crippen LogP contribution in [0.15, 0.2) is 48.7 Å². The minimum atomic E-state index is -0.416. The van der Waals surface area contributed by atoms with Gasteiger partial charge in [0.05, 0.1) is 17.8 Å². The summed E-state index contributed by atoms with van der Waals surface area (Å²) in [6.07, 6.45) is 1.35. The first kappa shape index (κ1) is 18.0. The number of nitrogens with one attached hydrogen (secondary N) is 2. The lowest BCUT2D eigenvalue weighted by atomic mass is 10.1. The summed E-state index contributed by atoms with van der Waals surface area (Å²) in [4.78, 5) is 16.7. The van der Waals surface area contributed by atoms with Gasteiger partial charge in [0.15, 0.2) is 0 Å². The lowest BCUT2D eigenvalue weighted by molar-refractivity contribution is 0.0948. The predicted molar refractivity (Wildman–Crippen MR) is 102 cm³/mol. The maximum absolute atomic E-state index is 12.4. The Hall–Kier alpha value is -2.83. The molecule has 0 atom stereocenters. The van der Waals surface area contributed by atoms with E-state index in [2.05, 4.69) is 15.6 Å². The average molecular weight is 372 g/mol. The number of hydrogen-bond acceptors (Lipinski definition) is 5. The van der Waals surface area contributed by atoms with Gasteiger partial charge in [0.2, 0.25) is 0 Å². The van der Waals surface area contributed by atoms with Crippen molar-refractivity contribution in [3.8, 4) is 5.75 Å². The second-order valence-corrected chi connectivity index (χ2v) is 6.12. The summed E-state index contributed by atoms with van der Waals surface area (Å²) in [7, 11) is 0. The summed E-state index contributed by atoms with van der Waals surface area (Å²) in [5.41, 5.74) is 2.21. The Morgan fingerprint density at radius 1 is 1.15 bits per heavy atom. The van der Waals surface area contributed by atoms with Crippen molar-refractivity contribution in [3.63, 3.8) is 0 Å². The number of carbonyl (C=O) groups is 1. The number of benzene rings is 2. The predicted octanol–water partition coefficient (Wildman–Crippen LogP) is 2.93. The van der Waals surface area contributed by atoms with E-state index in [-0.39, 0.29) is 17.9 Å². The van der Waals surface area contributed by atoms with Gasteiger partial charge in [-0.25, -0.2) is 0 Å². The molecule has 0 aliphatic carbocycles. The molecule has 7 heteroatoms. The fourth-order valence-electron chi connectivity index (χ4n) is 2.59. The Morgan fingerprint density at radius 3 is 2.65 bits per heavy atom. The third kappa shape index (κ3) is 3.87. The molecule has 3 rings (SSSR count). The van der Waals surface area contributed by atoms with Crippen LogP contribution in [0.5, 0.6) is 5.75 Å². The molecule has 6 nitrogen and oxygen atoms in total. The minimum Gasteiger partial charge on any atom is -0.506 e. The molecule has 0 fully saturated rings. The summed E-state index contributed by atoms with van der Waals surface area (Å²) in [6, 6.07) is 12.4. The highest BCUT2D eigenvalue weighted by Gasteiger charge is 2.16. The van der Waals surface area contributed by atoms with Gasteiger partial charge < -0.3 is 20.8 Å². The van der Waals surface area contributed by atoms with Crippen LogP contribution < -0.4 is 10.6 Å². The third-order valence-electron chi connectivity index (χ3n) is 3.91. The molecule has 0 saturated carbocycles. The van der Waals surface area contributed by atoms with E-state index in [4.69, 9.17) is 16.7 Å². The number of halogens is 1. The smallest absolute Gasteiger partial charge is 0.256 e. The number of nitrogens with zero attached hydrogens (tertiary/aromatic N) is 1. The lowest BCUT2D eigenvalue weighted by Crippen LogP contribution is -2.23. The Labute approximate surface area is 155 Å². The Balaban J connectivity index is 1.82. The first-order valence-electron chi connectivity index (χ1n) is 8.08. The molecular weight excluding hydrogens is 354 g/mol. The number of aliphatic hydroxyl groups is 1. The molecule has 26 heavy (non-hydrogen) atoms. The van der Waals surface area contributed by atoms with Gasteiger partial charge in [-0.3, -0.25) is 9.78 Å². The summed E-state index contributed by atoms with van der Waals surface area (Å²) in [6.45, 7) is 0.657. The topological polar surface area (TPSA) is 94.5 Å². The lowest BCUT2D eigenvalue weighted by Gasteiger charge is -2.12. The van der Waals surface area contributed by atoms with Crippen LogP contribution in [0.2, 0.25) is 5.02 Å². The van der Waals surface area contributed by atoms with Crippen LogP contribution in [-0.2, 0) is 6.54 Å². The maximum atomic E-state index is 12.4. The van der Waals surface area contributed by atoms with Crippen LogP contribution in [0.4, 0.5) is 5.69 Å². The Bertz CT molecular complexity index is 929. The van der Waals surface area contributed by atoms with E-state index in [0.29, 0.717) is 34.7 Å². The average Bonchev–Trinajstić information content (AvgIpc) is 2.66. The zero-order chi connectivity index (χ0) is 18.5. The van der Waals surface area contributed by atoms with E-state index >= 15 is 0 Å². The molecule has 0 aliphatic heterocycles. The number of hydrogen-bond donors (Lipinski definition) is 4. The first-order valence-corrected chi connectivity index (χ1v) is 8.46. The van der Waals surface area contributed by atoms with E-state index < -0.39 is 5.91 Å². The SMILES string of the molecule is O=C(NCc1ccc(Cl)cc1)c1cnc2c(NCCO)cccc2c1O. The molecule has 0 unspecified atom stereocenters. The van der Waals surface area contributed by atoms with Crippen molar-refractivity contribution < 1.29 is 15.0 Å². The highest BCUT2D eigenvalue weighted by molar-refractivity contribution is 6.30. The van der Waals surface area contributed by atoms with Crippen molar-refractivity contribution in [1.82, 2.24) is 10.3 Å². The molecule has 134 valence electrons. The zero-order valence-corrected chi connectivity index (χ0v) is 14.6. The molecular formula is C19H18ClN3O3. The zero-order valence-electron chi connectivity index (χ0n) is 13.9. The van der Waals surface area contributed by atoms with Crippen LogP contribution in [-0.4, -0.2) is 34.3 Å². The van der Waals surface area contributed by atoms with Crippen LogP contribution >= 0.6 is 11.6 Å². The second-order valence-electron chi connectivity index (χ2n) is 5.68. The normalized spacial score (nSPS) is 10.7. The number of aliphatic hydroxyl groups excluding tert-OH is 1. The number of anilines is 1. The van der Waals surface area contributed by atoms with Gasteiger partial charge in [-0.15, -0.1) is 0 Å². The van der Waals surface area contributed by atoms with Gasteiger partial charge in [-0.1, -0.05) is 29.8 Å². The summed E-state index contributed by atoms with van der Waals surface area (Å²) in [5.74, 6) is -0.545. The van der Waals surface area contributed by atoms with E-state index in [1.807, 2.05) is 12.1 Å². The van der Waals surface area contributed by atoms with E-state index in [9.17, 15) is 9.90 Å². The molecule has 1 heterocycles. The number of fused-ring (bicyclic) bond motifs is 1. The van der Waals surface area contributed by atoms with Crippen molar-refractivity contribution >= 4 is 34.1 Å². The fraction of sp³-hybridized carbons (Fsp3) is 0.158. The Morgan fingerprint density at radius 2 is 1.92 bits per heavy atom. The van der Waals surface area contributed by atoms with Crippen LogP contribution in [0.25, 0.3) is 10.9 Å².